The molecule has 6 nitrogen and oxygen atoms in total. The molecule has 0 unspecified atom stereocenters. The number of carbonyl (C=O) groups is 1. The SMILES string of the molecule is COC(=O)CCCS(=O)(=O)Nc1c(C)cc(Br)cc1N. The van der Waals surface area contributed by atoms with Crippen LogP contribution in [0.2, 0.25) is 0 Å². The molecule has 0 aliphatic rings. The first-order valence-electron chi connectivity index (χ1n) is 5.88. The third kappa shape index (κ3) is 5.01. The maximum absolute atomic E-state index is 11.9. The molecule has 0 saturated heterocycles. The minimum absolute atomic E-state index is 0.0617. The van der Waals surface area contributed by atoms with Gasteiger partial charge in [0.1, 0.15) is 0 Å². The molecule has 1 rings (SSSR count). The van der Waals surface area contributed by atoms with E-state index in [1.165, 1.54) is 7.11 Å². The summed E-state index contributed by atoms with van der Waals surface area (Å²) in [6.45, 7) is 1.76. The summed E-state index contributed by atoms with van der Waals surface area (Å²) >= 11 is 3.28. The van der Waals surface area contributed by atoms with E-state index in [0.29, 0.717) is 16.9 Å². The first-order valence-corrected chi connectivity index (χ1v) is 8.32. The van der Waals surface area contributed by atoms with Gasteiger partial charge in [-0.1, -0.05) is 15.9 Å². The van der Waals surface area contributed by atoms with Crippen LogP contribution < -0.4 is 10.5 Å². The van der Waals surface area contributed by atoms with Gasteiger partial charge in [-0.15, -0.1) is 0 Å². The highest BCUT2D eigenvalue weighted by atomic mass is 79.9. The average molecular weight is 365 g/mol. The third-order valence-electron chi connectivity index (χ3n) is 2.61. The van der Waals surface area contributed by atoms with Gasteiger partial charge in [-0.05, 0) is 31.0 Å². The number of nitrogens with one attached hydrogen (secondary N) is 1. The third-order valence-corrected chi connectivity index (χ3v) is 4.41. The van der Waals surface area contributed by atoms with Gasteiger partial charge < -0.3 is 10.5 Å². The number of carbonyl (C=O) groups excluding carboxylic acids is 1. The lowest BCUT2D eigenvalue weighted by Gasteiger charge is -2.13. The predicted molar refractivity (Wildman–Crippen MR) is 82.0 cm³/mol. The summed E-state index contributed by atoms with van der Waals surface area (Å²) in [6, 6.07) is 3.39. The molecular weight excluding hydrogens is 348 g/mol. The Hall–Kier alpha value is -1.28. The highest BCUT2D eigenvalue weighted by Gasteiger charge is 2.15. The lowest BCUT2D eigenvalue weighted by atomic mass is 10.2. The molecule has 0 aliphatic carbocycles. The molecule has 20 heavy (non-hydrogen) atoms. The minimum Gasteiger partial charge on any atom is -0.469 e. The van der Waals surface area contributed by atoms with Crippen LogP contribution in [0.25, 0.3) is 0 Å². The second-order valence-corrected chi connectivity index (χ2v) is 7.05. The summed E-state index contributed by atoms with van der Waals surface area (Å²) in [4.78, 5) is 10.9. The van der Waals surface area contributed by atoms with Crippen LogP contribution in [-0.4, -0.2) is 27.2 Å². The van der Waals surface area contributed by atoms with Crippen LogP contribution in [0.1, 0.15) is 18.4 Å². The number of nitrogen functional groups attached to an aromatic ring is 1. The minimum atomic E-state index is -3.55. The van der Waals surface area contributed by atoms with Gasteiger partial charge in [-0.25, -0.2) is 8.42 Å². The largest absolute Gasteiger partial charge is 0.469 e. The van der Waals surface area contributed by atoms with E-state index in [1.54, 1.807) is 19.1 Å². The molecule has 112 valence electrons. The predicted octanol–water partition coefficient (Wildman–Crippen LogP) is 2.03. The number of esters is 1. The fourth-order valence-electron chi connectivity index (χ4n) is 1.62. The quantitative estimate of drug-likeness (QED) is 0.594. The summed E-state index contributed by atoms with van der Waals surface area (Å²) in [5.74, 6) is -0.601. The maximum Gasteiger partial charge on any atom is 0.305 e. The van der Waals surface area contributed by atoms with Crippen molar-refractivity contribution in [2.75, 3.05) is 23.3 Å². The Bertz CT molecular complexity index is 578. The number of rotatable bonds is 6. The molecule has 1 aromatic carbocycles. The number of anilines is 2. The van der Waals surface area contributed by atoms with Gasteiger partial charge in [-0.2, -0.15) is 0 Å². The molecule has 1 aromatic rings. The fraction of sp³-hybridized carbons (Fsp3) is 0.417. The fourth-order valence-corrected chi connectivity index (χ4v) is 3.43. The van der Waals surface area contributed by atoms with Crippen LogP contribution >= 0.6 is 15.9 Å². The monoisotopic (exact) mass is 364 g/mol. The van der Waals surface area contributed by atoms with E-state index in [1.807, 2.05) is 0 Å². The Labute approximate surface area is 126 Å². The lowest BCUT2D eigenvalue weighted by molar-refractivity contribution is -0.140. The van der Waals surface area contributed by atoms with E-state index in [0.717, 1.165) is 4.47 Å². The molecule has 0 atom stereocenters. The normalized spacial score (nSPS) is 11.2. The number of halogens is 1. The number of nitrogens with two attached hydrogens (primary N) is 1. The number of hydrogen-bond donors (Lipinski definition) is 2. The van der Waals surface area contributed by atoms with Crippen LogP contribution in [-0.2, 0) is 19.6 Å². The molecule has 0 aliphatic heterocycles. The van der Waals surface area contributed by atoms with Crippen molar-refractivity contribution in [1.82, 2.24) is 0 Å². The van der Waals surface area contributed by atoms with Crippen molar-refractivity contribution in [3.63, 3.8) is 0 Å². The number of benzene rings is 1. The molecule has 0 heterocycles. The number of methoxy groups -OCH3 is 1. The summed E-state index contributed by atoms with van der Waals surface area (Å²) in [7, 11) is -2.28. The standard InChI is InChI=1S/C12H17BrN2O4S/c1-8-6-9(13)7-10(14)12(8)15-20(17,18)5-3-4-11(16)19-2/h6-7,15H,3-5,14H2,1-2H3. The van der Waals surface area contributed by atoms with Gasteiger partial charge in [-0.3, -0.25) is 9.52 Å². The summed E-state index contributed by atoms with van der Waals surface area (Å²) in [6.07, 6.45) is 0.254. The van der Waals surface area contributed by atoms with Gasteiger partial charge in [0.05, 0.1) is 24.2 Å². The zero-order valence-corrected chi connectivity index (χ0v) is 13.7. The van der Waals surface area contributed by atoms with Gasteiger partial charge in [0, 0.05) is 10.9 Å². The van der Waals surface area contributed by atoms with Crippen molar-refractivity contribution in [3.8, 4) is 0 Å². The zero-order chi connectivity index (χ0) is 15.3. The molecule has 0 aromatic heterocycles. The molecule has 0 radical (unpaired) electrons. The van der Waals surface area contributed by atoms with E-state index in [2.05, 4.69) is 25.4 Å². The van der Waals surface area contributed by atoms with Crippen molar-refractivity contribution >= 4 is 43.3 Å². The second-order valence-electron chi connectivity index (χ2n) is 4.29. The second kappa shape index (κ2) is 6.94. The van der Waals surface area contributed by atoms with Crippen LogP contribution in [0.15, 0.2) is 16.6 Å². The van der Waals surface area contributed by atoms with Crippen LogP contribution in [0.4, 0.5) is 11.4 Å². The Morgan fingerprint density at radius 1 is 1.45 bits per heavy atom. The maximum atomic E-state index is 11.9. The smallest absolute Gasteiger partial charge is 0.305 e. The molecular formula is C12H17BrN2O4S. The first kappa shape index (κ1) is 16.8. The lowest BCUT2D eigenvalue weighted by Crippen LogP contribution is -2.19. The molecule has 0 saturated carbocycles. The van der Waals surface area contributed by atoms with E-state index in [-0.39, 0.29) is 18.6 Å². The van der Waals surface area contributed by atoms with Gasteiger partial charge in [0.2, 0.25) is 10.0 Å². The molecule has 0 bridgehead atoms. The summed E-state index contributed by atoms with van der Waals surface area (Å²) in [5.41, 5.74) is 7.22. The highest BCUT2D eigenvalue weighted by molar-refractivity contribution is 9.10. The van der Waals surface area contributed by atoms with Crippen LogP contribution in [0.3, 0.4) is 0 Å². The molecule has 0 spiro atoms. The van der Waals surface area contributed by atoms with Crippen molar-refractivity contribution in [2.24, 2.45) is 0 Å². The number of aryl methyl sites for hydroxylation is 1. The van der Waals surface area contributed by atoms with Crippen LogP contribution in [0.5, 0.6) is 0 Å². The van der Waals surface area contributed by atoms with E-state index in [9.17, 15) is 13.2 Å². The van der Waals surface area contributed by atoms with Gasteiger partial charge >= 0.3 is 5.97 Å². The summed E-state index contributed by atoms with van der Waals surface area (Å²) in [5, 5.41) is 0. The van der Waals surface area contributed by atoms with E-state index < -0.39 is 16.0 Å². The number of sulfonamides is 1. The topological polar surface area (TPSA) is 98.5 Å². The molecule has 8 heteroatoms. The van der Waals surface area contributed by atoms with E-state index >= 15 is 0 Å². The Balaban J connectivity index is 2.74. The van der Waals surface area contributed by atoms with Crippen molar-refractivity contribution < 1.29 is 17.9 Å². The number of hydrogen-bond acceptors (Lipinski definition) is 5. The molecule has 0 amide bonds. The Morgan fingerprint density at radius 2 is 2.10 bits per heavy atom. The average Bonchev–Trinajstić information content (AvgIpc) is 2.33. The van der Waals surface area contributed by atoms with Crippen molar-refractivity contribution in [3.05, 3.63) is 22.2 Å². The zero-order valence-electron chi connectivity index (χ0n) is 11.3. The van der Waals surface area contributed by atoms with Crippen LogP contribution in [0, 0.1) is 6.92 Å². The molecule has 3 N–H and O–H groups in total. The van der Waals surface area contributed by atoms with E-state index in [4.69, 9.17) is 5.73 Å². The Morgan fingerprint density at radius 3 is 2.65 bits per heavy atom. The first-order chi connectivity index (χ1) is 9.25. The summed E-state index contributed by atoms with van der Waals surface area (Å²) < 4.78 is 31.5. The molecule has 0 fully saturated rings. The number of ether oxygens (including phenoxy) is 1. The van der Waals surface area contributed by atoms with Gasteiger partial charge in [0.25, 0.3) is 0 Å². The van der Waals surface area contributed by atoms with Crippen molar-refractivity contribution in [2.45, 2.75) is 19.8 Å². The van der Waals surface area contributed by atoms with Gasteiger partial charge in [0.15, 0.2) is 0 Å². The highest BCUT2D eigenvalue weighted by Crippen LogP contribution is 2.28. The Kier molecular flexibility index (Phi) is 5.82. The van der Waals surface area contributed by atoms with Crippen molar-refractivity contribution in [1.29, 1.82) is 0 Å².